The van der Waals surface area contributed by atoms with Gasteiger partial charge in [0.05, 0.1) is 0 Å². The second-order valence-electron chi connectivity index (χ2n) is 18.9. The molecule has 6 N–H and O–H groups in total. The number of aldehydes is 1. The molecule has 6 heterocycles. The first-order chi connectivity index (χ1) is 56.6. The molecule has 2 aromatic carbocycles. The molecule has 6 amide bonds. The highest BCUT2D eigenvalue weighted by atomic mass is 33.5. The lowest BCUT2D eigenvalue weighted by molar-refractivity contribution is -0.138. The number of rotatable bonds is 12. The number of benzene rings is 2. The molecule has 0 aliphatic carbocycles. The van der Waals surface area contributed by atoms with Gasteiger partial charge in [0.15, 0.2) is 0 Å². The van der Waals surface area contributed by atoms with E-state index in [1.54, 1.807) is 302 Å². The van der Waals surface area contributed by atoms with Crippen LogP contribution in [0.5, 0.6) is 0 Å². The number of piperidine rings is 2. The number of fused-ring (bicyclic) bond motifs is 2. The molecular weight excluding hydrogens is 2430 g/mol. The van der Waals surface area contributed by atoms with E-state index in [9.17, 15) is 33.6 Å². The number of aromatic nitrogens is 2. The van der Waals surface area contributed by atoms with E-state index in [0.717, 1.165) is 79.8 Å². The molecule has 0 radical (unpaired) electrons. The first-order valence-corrected chi connectivity index (χ1v) is 92.2. The van der Waals surface area contributed by atoms with Crippen LogP contribution in [0.1, 0.15) is 113 Å². The van der Waals surface area contributed by atoms with Crippen molar-refractivity contribution in [1.82, 2.24) is 30.4 Å². The highest BCUT2D eigenvalue weighted by Gasteiger charge is 2.41. The predicted molar refractivity (Wildman–Crippen MR) is 608 cm³/mol. The molecule has 17 nitrogen and oxygen atoms in total. The molecule has 2 fully saturated rings. The van der Waals surface area contributed by atoms with Gasteiger partial charge < -0.3 is 30.8 Å². The molecule has 66 heteroatoms. The third-order valence-corrected chi connectivity index (χ3v) is 108. The van der Waals surface area contributed by atoms with Gasteiger partial charge in [0, 0.05) is 536 Å². The van der Waals surface area contributed by atoms with Gasteiger partial charge in [-0.3, -0.25) is 44.2 Å². The van der Waals surface area contributed by atoms with Crippen molar-refractivity contribution >= 4 is 503 Å². The maximum absolute atomic E-state index is 12.9. The summed E-state index contributed by atoms with van der Waals surface area (Å²) < 4.78 is 0. The standard InChI is InChI=1S/C24H24N4O3.C13H13N3O3.C11H11NO.C2H4O2.S25.S24/c1-2-17-10-9-16(14-26-17)6-3-4-13-25-20-8-5-7-18-19(20)15-28(24(18)31)21-11-12-22(29)27-23(21)30;14-9-3-1-2-7-8(9)6-16(13(7)19)10-4-5-11(17)15-12(10)18;1-2-11-7-6-10(9-12-11)5-3-4-8-13;1-2(3)4;1-3-5-7-9-11-13-15-17-19-21-23-25-24-22-20-18-16-14-12-10-8-6-4-2;1-3-5-7-9-11-13-15-17-19-21-23-24-22-20-18-16-14-12-10-8-6-4-2/h1,5,7-10,14,21,25H,3-4,6,11-13,15H2,(H,27,29,30);1-3,10H,4-6,14H2,(H,15,17,18);1,6-9H,3-5H2;1H3,(H,3,4);;. The molecule has 2 unspecified atom stereocenters. The number of carboxylic acid groups (broad SMARTS) is 1. The number of amides is 6. The Balaban J connectivity index is 0.000000379. The number of hydrogen-bond donors (Lipinski definition) is 5. The smallest absolute Gasteiger partial charge is 0.300 e. The van der Waals surface area contributed by atoms with Gasteiger partial charge in [-0.15, -0.1) is 12.8 Å². The number of nitrogens with two attached hydrogens (primary N) is 1. The largest absolute Gasteiger partial charge is 0.481 e. The summed E-state index contributed by atoms with van der Waals surface area (Å²) >= 11 is 19.1. The Hall–Kier alpha value is 2.60. The summed E-state index contributed by atoms with van der Waals surface area (Å²) in [5, 5.41) is 15.5. The predicted octanol–water partition coefficient (Wildman–Crippen LogP) is 3.85. The molecule has 640 valence electrons. The number of nitrogen functional groups attached to an aromatic ring is 1. The van der Waals surface area contributed by atoms with Crippen molar-refractivity contribution in [3.63, 3.8) is 0 Å². The van der Waals surface area contributed by atoms with Crippen molar-refractivity contribution in [2.24, 2.45) is 0 Å². The van der Waals surface area contributed by atoms with Crippen LogP contribution in [0.4, 0.5) is 11.4 Å². The number of unbranched alkanes of at least 4 members (excludes halogenated alkanes) is 2. The molecule has 0 saturated carbocycles. The number of nitrogens with one attached hydrogen (secondary N) is 3. The van der Waals surface area contributed by atoms with Crippen molar-refractivity contribution < 1.29 is 43.5 Å². The molecular formula is C50H52N8O9S49. The fourth-order valence-electron chi connectivity index (χ4n) is 8.21. The van der Waals surface area contributed by atoms with E-state index < -0.39 is 29.9 Å². The highest BCUT2D eigenvalue weighted by Crippen LogP contribution is 2.33. The first-order valence-electron chi connectivity index (χ1n) is 29.6. The summed E-state index contributed by atoms with van der Waals surface area (Å²) in [4.78, 5) is 102. The summed E-state index contributed by atoms with van der Waals surface area (Å²) in [5.41, 5.74) is 13.7. The normalized spacial score (nSPS) is 12.9. The zero-order chi connectivity index (χ0) is 84.3. The maximum Gasteiger partial charge on any atom is 0.300 e. The van der Waals surface area contributed by atoms with E-state index in [4.69, 9.17) is 73.2 Å². The molecule has 116 heavy (non-hydrogen) atoms. The molecule has 2 saturated heterocycles. The van der Waals surface area contributed by atoms with E-state index >= 15 is 0 Å². The Morgan fingerprint density at radius 3 is 1.09 bits per heavy atom. The fourth-order valence-corrected chi connectivity index (χ4v) is 121. The third kappa shape index (κ3) is 54.8. The number of imide groups is 2. The Morgan fingerprint density at radius 1 is 0.483 bits per heavy atom. The minimum atomic E-state index is -0.833. The highest BCUT2D eigenvalue weighted by molar-refractivity contribution is 8.81. The van der Waals surface area contributed by atoms with Crippen LogP contribution in [0, 0.1) is 24.7 Å². The number of anilines is 2. The van der Waals surface area contributed by atoms with Crippen LogP contribution in [0.2, 0.25) is 0 Å². The third-order valence-electron chi connectivity index (χ3n) is 12.3. The number of aryl methyl sites for hydroxylation is 2. The van der Waals surface area contributed by atoms with E-state index in [0.29, 0.717) is 60.6 Å². The van der Waals surface area contributed by atoms with E-state index in [1.165, 1.54) is 40.4 Å². The SMILES string of the molecule is C#Cc1ccc(CCCC=O)cn1.C#Cc1ccc(CCCCNc2cccc3c2CN(C2CCC(=O)NC2=O)C3=O)cn1.CC(=O)O.Nc1cccc2c1CN(C1CCC(=O)NC1=O)C2=O.S=S=S=S=S=S=S=S=S=S=S=S=S=S=S=S=S=S=S=S=S=S=S=S.S=S=S=S=S=S=S=S=S=S=S=S=S=S=S=S=S=S=S=S=S=S=S=S=S. The number of carbonyl (C=O) groups is 8. The topological polar surface area (TPSA) is 251 Å². The summed E-state index contributed by atoms with van der Waals surface area (Å²) in [6, 6.07) is 17.2. The Morgan fingerprint density at radius 2 is 0.793 bits per heavy atom. The Labute approximate surface area is 817 Å². The van der Waals surface area contributed by atoms with Gasteiger partial charge in [0.1, 0.15) is 29.8 Å². The number of nitrogens with zero attached hydrogens (tertiary/aromatic N) is 4. The summed E-state index contributed by atoms with van der Waals surface area (Å²) in [6.45, 7) is 2.56. The van der Waals surface area contributed by atoms with Crippen LogP contribution < -0.4 is 21.7 Å². The molecule has 4 aliphatic heterocycles. The second-order valence-corrected chi connectivity index (χ2v) is 98.5. The van der Waals surface area contributed by atoms with Gasteiger partial charge in [-0.25, -0.2) is 9.97 Å². The number of pyridine rings is 2. The Bertz CT molecular complexity index is 6460. The van der Waals surface area contributed by atoms with Gasteiger partial charge in [0.25, 0.3) is 17.8 Å². The minimum Gasteiger partial charge on any atom is -0.481 e. The van der Waals surface area contributed by atoms with Gasteiger partial charge >= 0.3 is 0 Å². The number of hydrogen-bond acceptors (Lipinski definition) is 16. The molecule has 4 aliphatic rings. The number of carboxylic acids is 1. The van der Waals surface area contributed by atoms with Gasteiger partial charge in [0.2, 0.25) is 23.6 Å². The molecule has 0 bridgehead atoms. The Kier molecular flexibility index (Phi) is 75.4. The molecule has 2 atom stereocenters. The average Bonchev–Trinajstić information content (AvgIpc) is 1.63. The molecule has 2 aromatic heterocycles. The number of carbonyl (C=O) groups excluding carboxylic acids is 7. The van der Waals surface area contributed by atoms with Crippen LogP contribution in [0.15, 0.2) is 73.1 Å². The van der Waals surface area contributed by atoms with Crippen molar-refractivity contribution in [3.05, 3.63) is 118 Å². The van der Waals surface area contributed by atoms with Crippen LogP contribution >= 0.6 is 0 Å². The minimum absolute atomic E-state index is 0.156. The van der Waals surface area contributed by atoms with E-state index in [-0.39, 0.29) is 36.5 Å². The van der Waals surface area contributed by atoms with Crippen LogP contribution in [0.3, 0.4) is 0 Å². The van der Waals surface area contributed by atoms with Crippen molar-refractivity contribution in [2.75, 3.05) is 17.6 Å². The van der Waals surface area contributed by atoms with Crippen LogP contribution in [-0.2, 0) is 499 Å². The van der Waals surface area contributed by atoms with Crippen molar-refractivity contribution in [1.29, 1.82) is 0 Å². The van der Waals surface area contributed by atoms with Gasteiger partial charge in [-0.05, 0) is 92.5 Å². The van der Waals surface area contributed by atoms with E-state index in [2.05, 4.69) is 37.8 Å². The van der Waals surface area contributed by atoms with Crippen molar-refractivity contribution in [3.8, 4) is 24.7 Å². The first kappa shape index (κ1) is 113. The van der Waals surface area contributed by atoms with Crippen molar-refractivity contribution in [2.45, 2.75) is 96.3 Å². The summed E-state index contributed by atoms with van der Waals surface area (Å²) in [6.07, 6.45) is 21.5. The molecule has 8 rings (SSSR count). The lowest BCUT2D eigenvalue weighted by Gasteiger charge is -2.29. The lowest BCUT2D eigenvalue weighted by atomic mass is 10.0. The quantitative estimate of drug-likeness (QED) is 0.0444. The van der Waals surface area contributed by atoms with Crippen LogP contribution in [0.25, 0.3) is 0 Å². The fraction of sp³-hybridized carbons (Fsp3) is 0.320. The van der Waals surface area contributed by atoms with Gasteiger partial charge in [-0.1, -0.05) is 36.1 Å². The zero-order valence-electron chi connectivity index (χ0n) is 57.1. The average molecular weight is 2480 g/mol. The summed E-state index contributed by atoms with van der Waals surface area (Å²) in [7, 11) is 78.1. The number of aliphatic carboxylic acids is 1. The second kappa shape index (κ2) is 77.5. The summed E-state index contributed by atoms with van der Waals surface area (Å²) in [5.74, 6) is 2.41. The maximum atomic E-state index is 12.9. The van der Waals surface area contributed by atoms with E-state index in [1.807, 2.05) is 140 Å². The molecule has 0 spiro atoms. The van der Waals surface area contributed by atoms with Gasteiger partial charge in [-0.2, -0.15) is 0 Å². The monoisotopic (exact) mass is 2480 g/mol. The van der Waals surface area contributed by atoms with Crippen LogP contribution in [-0.4, -0.2) is 91.2 Å². The lowest BCUT2D eigenvalue weighted by Crippen LogP contribution is -2.52. The zero-order valence-corrected chi connectivity index (χ0v) is 97.1. The number of terminal acetylenes is 2. The molecule has 4 aromatic rings.